The van der Waals surface area contributed by atoms with Gasteiger partial charge in [0, 0.05) is 22.2 Å². The van der Waals surface area contributed by atoms with E-state index < -0.39 is 0 Å². The summed E-state index contributed by atoms with van der Waals surface area (Å²) in [5.41, 5.74) is 32.0. The molecule has 5 aliphatic carbocycles. The maximum absolute atomic E-state index is 2.57. The summed E-state index contributed by atoms with van der Waals surface area (Å²) in [5, 5.41) is 0. The molecular weight excluding hydrogens is 865 g/mol. The van der Waals surface area contributed by atoms with Gasteiger partial charge in [-0.25, -0.2) is 0 Å². The first-order valence-electron chi connectivity index (χ1n) is 26.2. The zero-order valence-corrected chi connectivity index (χ0v) is 42.8. The van der Waals surface area contributed by atoms with Crippen molar-refractivity contribution in [1.29, 1.82) is 0 Å². The Morgan fingerprint density at radius 1 is 0.292 bits per heavy atom. The van der Waals surface area contributed by atoms with Gasteiger partial charge in [0.2, 0.25) is 0 Å². The second-order valence-corrected chi connectivity index (χ2v) is 23.7. The molecule has 348 valence electrons. The number of hydrogen-bond acceptors (Lipinski definition) is 0. The number of benzene rings is 9. The lowest BCUT2D eigenvalue weighted by atomic mass is 9.72. The fourth-order valence-corrected chi connectivity index (χ4v) is 14.4. The zero-order chi connectivity index (χ0) is 49.1. The van der Waals surface area contributed by atoms with Crippen molar-refractivity contribution in [2.24, 2.45) is 5.92 Å². The third-order valence-corrected chi connectivity index (χ3v) is 18.4. The molecule has 0 radical (unpaired) electrons. The van der Waals surface area contributed by atoms with E-state index >= 15 is 0 Å². The van der Waals surface area contributed by atoms with E-state index in [0.29, 0.717) is 11.8 Å². The highest BCUT2D eigenvalue weighted by atomic mass is 14.5. The molecule has 0 aromatic heterocycles. The van der Waals surface area contributed by atoms with E-state index in [4.69, 9.17) is 0 Å². The van der Waals surface area contributed by atoms with Crippen LogP contribution in [0.15, 0.2) is 206 Å². The van der Waals surface area contributed by atoms with Gasteiger partial charge in [0.05, 0.1) is 0 Å². The van der Waals surface area contributed by atoms with Crippen molar-refractivity contribution in [1.82, 2.24) is 0 Å². The van der Waals surface area contributed by atoms with Crippen LogP contribution in [0.1, 0.15) is 111 Å². The molecule has 5 aliphatic rings. The van der Waals surface area contributed by atoms with Crippen molar-refractivity contribution >= 4 is 5.57 Å². The van der Waals surface area contributed by atoms with Gasteiger partial charge in [-0.15, -0.1) is 0 Å². The fraction of sp³-hybridized carbons (Fsp3) is 0.194. The molecule has 0 heterocycles. The lowest BCUT2D eigenvalue weighted by Crippen LogP contribution is -2.25. The van der Waals surface area contributed by atoms with Gasteiger partial charge in [-0.1, -0.05) is 231 Å². The summed E-state index contributed by atoms with van der Waals surface area (Å²) in [6, 6.07) is 72.1. The van der Waals surface area contributed by atoms with Crippen LogP contribution in [-0.4, -0.2) is 0 Å². The van der Waals surface area contributed by atoms with Gasteiger partial charge in [0.25, 0.3) is 0 Å². The van der Waals surface area contributed by atoms with Crippen molar-refractivity contribution in [3.05, 3.63) is 256 Å². The molecule has 14 rings (SSSR count). The Kier molecular flexibility index (Phi) is 9.02. The lowest BCUT2D eigenvalue weighted by molar-refractivity contribution is 0.395. The Morgan fingerprint density at radius 3 is 1.10 bits per heavy atom. The highest BCUT2D eigenvalue weighted by Crippen LogP contribution is 2.57. The third kappa shape index (κ3) is 5.99. The van der Waals surface area contributed by atoms with Gasteiger partial charge in [0.1, 0.15) is 0 Å². The quantitative estimate of drug-likeness (QED) is 0.161. The highest BCUT2D eigenvalue weighted by molar-refractivity contribution is 5.93. The summed E-state index contributed by atoms with van der Waals surface area (Å²) in [7, 11) is 0. The summed E-state index contributed by atoms with van der Waals surface area (Å²) in [4.78, 5) is 0. The van der Waals surface area contributed by atoms with Crippen LogP contribution in [-0.2, 0) is 21.7 Å². The molecule has 9 aromatic rings. The monoisotopic (exact) mass is 924 g/mol. The topological polar surface area (TPSA) is 0 Å². The second-order valence-electron chi connectivity index (χ2n) is 23.7. The molecule has 0 fully saturated rings. The average Bonchev–Trinajstić information content (AvgIpc) is 3.97. The van der Waals surface area contributed by atoms with E-state index in [0.717, 1.165) is 0 Å². The molecule has 0 amide bonds. The maximum Gasteiger partial charge on any atom is 0.0159 e. The van der Waals surface area contributed by atoms with Crippen LogP contribution in [0.3, 0.4) is 0 Å². The van der Waals surface area contributed by atoms with Crippen LogP contribution >= 0.6 is 0 Å². The Bertz CT molecular complexity index is 3870. The molecule has 9 aromatic carbocycles. The third-order valence-electron chi connectivity index (χ3n) is 18.4. The molecule has 0 aliphatic heterocycles. The molecule has 0 nitrogen and oxygen atoms in total. The minimum absolute atomic E-state index is 0.0461. The summed E-state index contributed by atoms with van der Waals surface area (Å²) in [5.74, 6) is 0.848. The highest BCUT2D eigenvalue weighted by Gasteiger charge is 2.45. The largest absolute Gasteiger partial charge is 0.0758 e. The average molecular weight is 925 g/mol. The number of fused-ring (bicyclic) bond motifs is 12. The first-order chi connectivity index (χ1) is 34.7. The molecule has 72 heavy (non-hydrogen) atoms. The van der Waals surface area contributed by atoms with E-state index in [1.54, 1.807) is 0 Å². The standard InChI is InChI=1S/C72H60/c1-69(2)61-23-15-13-21-53(61)55-33-27-45(39-65(55)69)49-17-9-11-19-51(49)47-29-35-59-57-31-25-43(37-63(57)71(5,6)67(59)41-47)44-26-32-58-60-36-30-48(42-68(60)72(7,8)64(58)38-44)52-20-12-10-18-50(52)46-28-34-56-54-22-14-16-24-62(54)70(3,4)66(56)40-46/h9-42,55,65H,1-8H3. The van der Waals surface area contributed by atoms with E-state index in [2.05, 4.69) is 262 Å². The predicted octanol–water partition coefficient (Wildman–Crippen LogP) is 18.9. The van der Waals surface area contributed by atoms with E-state index in [1.807, 2.05) is 0 Å². The molecule has 0 bridgehead atoms. The fourth-order valence-electron chi connectivity index (χ4n) is 14.4. The Labute approximate surface area is 426 Å². The van der Waals surface area contributed by atoms with E-state index in [1.165, 1.54) is 134 Å². The summed E-state index contributed by atoms with van der Waals surface area (Å²) >= 11 is 0. The van der Waals surface area contributed by atoms with Crippen molar-refractivity contribution in [3.8, 4) is 77.9 Å². The molecule has 0 spiro atoms. The Hall–Kier alpha value is -7.54. The minimum atomic E-state index is -0.169. The van der Waals surface area contributed by atoms with Crippen LogP contribution in [0.25, 0.3) is 83.5 Å². The predicted molar refractivity (Wildman–Crippen MR) is 304 cm³/mol. The first kappa shape index (κ1) is 43.3. The van der Waals surface area contributed by atoms with Crippen LogP contribution < -0.4 is 0 Å². The second kappa shape index (κ2) is 15.0. The maximum atomic E-state index is 2.57. The smallest absolute Gasteiger partial charge is 0.0159 e. The molecule has 0 N–H and O–H groups in total. The Morgan fingerprint density at radius 2 is 0.625 bits per heavy atom. The molecule has 0 saturated carbocycles. The van der Waals surface area contributed by atoms with Gasteiger partial charge in [-0.2, -0.15) is 0 Å². The van der Waals surface area contributed by atoms with Crippen molar-refractivity contribution in [3.63, 3.8) is 0 Å². The number of rotatable bonds is 5. The summed E-state index contributed by atoms with van der Waals surface area (Å²) in [6.07, 6.45) is 7.43. The van der Waals surface area contributed by atoms with Gasteiger partial charge in [-0.05, 0) is 175 Å². The van der Waals surface area contributed by atoms with E-state index in [-0.39, 0.29) is 21.7 Å². The molecule has 0 heteroatoms. The lowest BCUT2D eigenvalue weighted by Gasteiger charge is -2.31. The molecular formula is C72H60. The van der Waals surface area contributed by atoms with Crippen molar-refractivity contribution < 1.29 is 0 Å². The van der Waals surface area contributed by atoms with Gasteiger partial charge in [-0.3, -0.25) is 0 Å². The number of allylic oxidation sites excluding steroid dienone is 4. The SMILES string of the molecule is CC1(C)c2cc(-c3ccc4c(c3)C(C)(C)c3cc(-c5ccccc5-c5ccc6c(c5)C(C)(C)c5ccccc5-6)ccc3-4)ccc2-c2ccc(-c3ccccc3C3=CC4C(C=C3)c3ccccc3C4(C)C)cc21. The molecule has 2 atom stereocenters. The normalized spacial score (nSPS) is 19.0. The van der Waals surface area contributed by atoms with Gasteiger partial charge < -0.3 is 0 Å². The molecule has 2 unspecified atom stereocenters. The van der Waals surface area contributed by atoms with Gasteiger partial charge >= 0.3 is 0 Å². The van der Waals surface area contributed by atoms with Crippen LogP contribution in [0.2, 0.25) is 0 Å². The van der Waals surface area contributed by atoms with Crippen LogP contribution in [0.5, 0.6) is 0 Å². The van der Waals surface area contributed by atoms with Crippen molar-refractivity contribution in [2.45, 2.75) is 83.0 Å². The van der Waals surface area contributed by atoms with Crippen molar-refractivity contribution in [2.75, 3.05) is 0 Å². The first-order valence-corrected chi connectivity index (χ1v) is 26.2. The van der Waals surface area contributed by atoms with Crippen LogP contribution in [0.4, 0.5) is 0 Å². The van der Waals surface area contributed by atoms with E-state index in [9.17, 15) is 0 Å². The van der Waals surface area contributed by atoms with Crippen LogP contribution in [0, 0.1) is 5.92 Å². The molecule has 0 saturated heterocycles. The minimum Gasteiger partial charge on any atom is -0.0758 e. The number of hydrogen-bond donors (Lipinski definition) is 0. The summed E-state index contributed by atoms with van der Waals surface area (Å²) in [6.45, 7) is 19.3. The Balaban J connectivity index is 0.765. The zero-order valence-electron chi connectivity index (χ0n) is 42.8. The summed E-state index contributed by atoms with van der Waals surface area (Å²) < 4.78 is 0. The van der Waals surface area contributed by atoms with Gasteiger partial charge in [0.15, 0.2) is 0 Å².